The largest absolute Gasteiger partial charge is 0.363 e. The summed E-state index contributed by atoms with van der Waals surface area (Å²) >= 11 is 0. The summed E-state index contributed by atoms with van der Waals surface area (Å²) in [4.78, 5) is 0. The summed E-state index contributed by atoms with van der Waals surface area (Å²) in [5, 5.41) is 8.42. The van der Waals surface area contributed by atoms with Gasteiger partial charge in [0.2, 0.25) is 0 Å². The smallest absolute Gasteiger partial charge is 0.143 e. The molecule has 1 atom stereocenters. The summed E-state index contributed by atoms with van der Waals surface area (Å²) in [5.41, 5.74) is 0. The van der Waals surface area contributed by atoms with Crippen LogP contribution in [0.1, 0.15) is 19.8 Å². The SMILES string of the molecule is C=CCCOC(C#N)CC. The fourth-order valence-electron chi connectivity index (χ4n) is 0.540. The van der Waals surface area contributed by atoms with Gasteiger partial charge in [0.1, 0.15) is 6.10 Å². The first-order valence-electron chi connectivity index (χ1n) is 3.47. The van der Waals surface area contributed by atoms with E-state index in [1.54, 1.807) is 6.08 Å². The van der Waals surface area contributed by atoms with Crippen molar-refractivity contribution in [3.63, 3.8) is 0 Å². The molecule has 56 valence electrons. The van der Waals surface area contributed by atoms with E-state index in [-0.39, 0.29) is 6.10 Å². The highest BCUT2D eigenvalue weighted by Crippen LogP contribution is 1.96. The molecule has 0 aliphatic rings. The lowest BCUT2D eigenvalue weighted by molar-refractivity contribution is 0.0915. The van der Waals surface area contributed by atoms with Crippen molar-refractivity contribution in [2.75, 3.05) is 6.61 Å². The Morgan fingerprint density at radius 3 is 2.90 bits per heavy atom. The molecular weight excluding hydrogens is 126 g/mol. The van der Waals surface area contributed by atoms with E-state index in [0.29, 0.717) is 6.61 Å². The lowest BCUT2D eigenvalue weighted by atomic mass is 10.3. The van der Waals surface area contributed by atoms with Gasteiger partial charge in [-0.1, -0.05) is 13.0 Å². The Balaban J connectivity index is 3.28. The predicted octanol–water partition coefficient (Wildman–Crippen LogP) is 1.88. The highest BCUT2D eigenvalue weighted by atomic mass is 16.5. The molecule has 0 aliphatic carbocycles. The van der Waals surface area contributed by atoms with Crippen LogP contribution < -0.4 is 0 Å². The third-order valence-corrected chi connectivity index (χ3v) is 1.16. The third kappa shape index (κ3) is 4.11. The molecule has 10 heavy (non-hydrogen) atoms. The van der Waals surface area contributed by atoms with Crippen LogP contribution >= 0.6 is 0 Å². The Kier molecular flexibility index (Phi) is 5.80. The molecule has 0 rings (SSSR count). The van der Waals surface area contributed by atoms with Crippen LogP contribution in [0.15, 0.2) is 12.7 Å². The minimum absolute atomic E-state index is 0.236. The average molecular weight is 139 g/mol. The summed E-state index contributed by atoms with van der Waals surface area (Å²) in [5.74, 6) is 0. The van der Waals surface area contributed by atoms with Gasteiger partial charge < -0.3 is 4.74 Å². The van der Waals surface area contributed by atoms with Gasteiger partial charge in [-0.25, -0.2) is 0 Å². The first kappa shape index (κ1) is 9.19. The van der Waals surface area contributed by atoms with Crippen LogP contribution in [-0.2, 0) is 4.74 Å². The van der Waals surface area contributed by atoms with Gasteiger partial charge in [0, 0.05) is 0 Å². The van der Waals surface area contributed by atoms with E-state index in [1.807, 2.05) is 6.92 Å². The first-order chi connectivity index (χ1) is 4.85. The van der Waals surface area contributed by atoms with Gasteiger partial charge in [-0.2, -0.15) is 5.26 Å². The summed E-state index contributed by atoms with van der Waals surface area (Å²) in [6.07, 6.45) is 3.12. The molecular formula is C8H13NO. The standard InChI is InChI=1S/C8H13NO/c1-3-5-6-10-8(4-2)7-9/h3,8H,1,4-6H2,2H3. The van der Waals surface area contributed by atoms with Crippen molar-refractivity contribution in [3.8, 4) is 6.07 Å². The molecule has 0 amide bonds. The zero-order chi connectivity index (χ0) is 7.82. The summed E-state index contributed by atoms with van der Waals surface area (Å²) in [7, 11) is 0. The van der Waals surface area contributed by atoms with Gasteiger partial charge in [-0.15, -0.1) is 6.58 Å². The second kappa shape index (κ2) is 6.31. The van der Waals surface area contributed by atoms with Crippen LogP contribution in [0.5, 0.6) is 0 Å². The quantitative estimate of drug-likeness (QED) is 0.430. The van der Waals surface area contributed by atoms with E-state index in [9.17, 15) is 0 Å². The van der Waals surface area contributed by atoms with Crippen LogP contribution in [0.4, 0.5) is 0 Å². The van der Waals surface area contributed by atoms with Crippen LogP contribution in [0, 0.1) is 11.3 Å². The Bertz CT molecular complexity index is 126. The van der Waals surface area contributed by atoms with Crippen LogP contribution in [0.3, 0.4) is 0 Å². The maximum absolute atomic E-state index is 8.42. The van der Waals surface area contributed by atoms with Gasteiger partial charge in [0.05, 0.1) is 12.7 Å². The Morgan fingerprint density at radius 1 is 1.80 bits per heavy atom. The molecule has 2 heteroatoms. The highest BCUT2D eigenvalue weighted by molar-refractivity contribution is 4.82. The summed E-state index contributed by atoms with van der Waals surface area (Å²) in [6, 6.07) is 2.05. The monoisotopic (exact) mass is 139 g/mol. The molecule has 0 aliphatic heterocycles. The van der Waals surface area contributed by atoms with Gasteiger partial charge in [0.25, 0.3) is 0 Å². The molecule has 0 saturated carbocycles. The fraction of sp³-hybridized carbons (Fsp3) is 0.625. The second-order valence-electron chi connectivity index (χ2n) is 1.97. The first-order valence-corrected chi connectivity index (χ1v) is 3.47. The Labute approximate surface area is 62.1 Å². The van der Waals surface area contributed by atoms with Crippen molar-refractivity contribution in [2.45, 2.75) is 25.9 Å². The molecule has 0 fully saturated rings. The lowest BCUT2D eigenvalue weighted by Crippen LogP contribution is -2.08. The predicted molar refractivity (Wildman–Crippen MR) is 40.5 cm³/mol. The van der Waals surface area contributed by atoms with Gasteiger partial charge >= 0.3 is 0 Å². The Morgan fingerprint density at radius 2 is 2.50 bits per heavy atom. The highest BCUT2D eigenvalue weighted by Gasteiger charge is 2.00. The molecule has 0 saturated heterocycles. The summed E-state index contributed by atoms with van der Waals surface area (Å²) < 4.78 is 5.15. The van der Waals surface area contributed by atoms with E-state index >= 15 is 0 Å². The van der Waals surface area contributed by atoms with Crippen LogP contribution in [-0.4, -0.2) is 12.7 Å². The molecule has 1 unspecified atom stereocenters. The molecule has 0 aromatic rings. The van der Waals surface area contributed by atoms with Crippen molar-refractivity contribution in [1.82, 2.24) is 0 Å². The zero-order valence-corrected chi connectivity index (χ0v) is 6.34. The zero-order valence-electron chi connectivity index (χ0n) is 6.34. The fourth-order valence-corrected chi connectivity index (χ4v) is 0.540. The third-order valence-electron chi connectivity index (χ3n) is 1.16. The molecule has 2 nitrogen and oxygen atoms in total. The maximum Gasteiger partial charge on any atom is 0.143 e. The summed E-state index contributed by atoms with van der Waals surface area (Å²) in [6.45, 7) is 6.09. The topological polar surface area (TPSA) is 33.0 Å². The van der Waals surface area contributed by atoms with Crippen molar-refractivity contribution in [2.24, 2.45) is 0 Å². The lowest BCUT2D eigenvalue weighted by Gasteiger charge is -2.05. The second-order valence-corrected chi connectivity index (χ2v) is 1.97. The molecule has 0 spiro atoms. The maximum atomic E-state index is 8.42. The van der Waals surface area contributed by atoms with Crippen molar-refractivity contribution in [3.05, 3.63) is 12.7 Å². The number of nitrogens with zero attached hydrogens (tertiary/aromatic N) is 1. The van der Waals surface area contributed by atoms with E-state index in [1.165, 1.54) is 0 Å². The van der Waals surface area contributed by atoms with E-state index < -0.39 is 0 Å². The van der Waals surface area contributed by atoms with Crippen molar-refractivity contribution >= 4 is 0 Å². The Hall–Kier alpha value is -0.810. The van der Waals surface area contributed by atoms with Crippen molar-refractivity contribution < 1.29 is 4.74 Å². The van der Waals surface area contributed by atoms with E-state index in [2.05, 4.69) is 12.6 Å². The van der Waals surface area contributed by atoms with Gasteiger partial charge in [-0.3, -0.25) is 0 Å². The number of ether oxygens (including phenoxy) is 1. The normalized spacial score (nSPS) is 12.0. The number of rotatable bonds is 5. The minimum Gasteiger partial charge on any atom is -0.363 e. The minimum atomic E-state index is -0.236. The molecule has 0 N–H and O–H groups in total. The number of hydrogen-bond donors (Lipinski definition) is 0. The molecule has 0 aromatic carbocycles. The molecule has 0 aromatic heterocycles. The average Bonchev–Trinajstić information content (AvgIpc) is 1.99. The molecule has 0 heterocycles. The molecule has 0 radical (unpaired) electrons. The van der Waals surface area contributed by atoms with Crippen LogP contribution in [0.25, 0.3) is 0 Å². The van der Waals surface area contributed by atoms with Gasteiger partial charge in [-0.05, 0) is 12.8 Å². The van der Waals surface area contributed by atoms with E-state index in [0.717, 1.165) is 12.8 Å². The van der Waals surface area contributed by atoms with Crippen molar-refractivity contribution in [1.29, 1.82) is 5.26 Å². The van der Waals surface area contributed by atoms with E-state index in [4.69, 9.17) is 10.00 Å². The molecule has 0 bridgehead atoms. The number of hydrogen-bond acceptors (Lipinski definition) is 2. The number of nitriles is 1. The van der Waals surface area contributed by atoms with Gasteiger partial charge in [0.15, 0.2) is 0 Å². The van der Waals surface area contributed by atoms with Crippen LogP contribution in [0.2, 0.25) is 0 Å².